The highest BCUT2D eigenvalue weighted by Crippen LogP contribution is 2.42. The van der Waals surface area contributed by atoms with E-state index in [1.165, 1.54) is 6.07 Å². The molecule has 2 aliphatic heterocycles. The highest BCUT2D eigenvalue weighted by atomic mass is 32.3. The summed E-state index contributed by atoms with van der Waals surface area (Å²) in [6, 6.07) is 0.908. The van der Waals surface area contributed by atoms with Gasteiger partial charge < -0.3 is 34.5 Å². The third-order valence-electron chi connectivity index (χ3n) is 7.62. The molecule has 1 fully saturated rings. The fraction of sp³-hybridized carbons (Fsp3) is 0.690. The second-order valence-corrected chi connectivity index (χ2v) is 18.8. The van der Waals surface area contributed by atoms with Crippen LogP contribution in [0.3, 0.4) is 0 Å². The Morgan fingerprint density at radius 3 is 2.54 bits per heavy atom. The number of nitrogens with one attached hydrogen (secondary N) is 3. The number of nitrogens with zero attached hydrogens (tertiary/aromatic N) is 3. The summed E-state index contributed by atoms with van der Waals surface area (Å²) in [5.74, 6) is -1.92. The van der Waals surface area contributed by atoms with Crippen LogP contribution in [-0.2, 0) is 48.5 Å². The first-order valence-electron chi connectivity index (χ1n) is 16.0. The van der Waals surface area contributed by atoms with Crippen molar-refractivity contribution in [2.24, 2.45) is 0 Å². The Morgan fingerprint density at radius 1 is 1.14 bits per heavy atom. The highest BCUT2D eigenvalue weighted by molar-refractivity contribution is 7.95. The van der Waals surface area contributed by atoms with E-state index in [0.717, 1.165) is 11.7 Å². The van der Waals surface area contributed by atoms with Crippen molar-refractivity contribution in [3.8, 4) is 5.88 Å². The van der Waals surface area contributed by atoms with Gasteiger partial charge in [0.05, 0.1) is 36.6 Å². The van der Waals surface area contributed by atoms with E-state index in [4.69, 9.17) is 18.9 Å². The maximum atomic E-state index is 13.0. The number of carbonyl (C=O) groups excluding carboxylic acids is 3. The standard InChI is InChI=1S/C29H44N6O11S4/c1-6-30-21-13-18(2)49(39,40)28-20(21)14-25(47-28)50(41,42)34-22(36)7-8-23(37)44-17-24(38)46-19(15-31-29(3,4)5)16-45-27-26(32-48-33-27)35-9-11-43-12-10-35/h14,18-19,21,30-31H,6-13,15-17H2,1-5H3,(H,34,36)/t18-,19-,21-/m0/s1. The highest BCUT2D eigenvalue weighted by Gasteiger charge is 2.40. The second-order valence-electron chi connectivity index (χ2n) is 12.7. The zero-order chi connectivity index (χ0) is 36.7. The van der Waals surface area contributed by atoms with Gasteiger partial charge in [0.15, 0.2) is 16.4 Å². The number of thiophene rings is 1. The fourth-order valence-corrected chi connectivity index (χ4v) is 10.6. The van der Waals surface area contributed by atoms with Gasteiger partial charge in [0, 0.05) is 43.2 Å². The smallest absolute Gasteiger partial charge is 0.344 e. The SMILES string of the molecule is CCN[C@H]1C[C@H](C)S(=O)(=O)c2sc(S(=O)(=O)NC(=O)CCC(=O)OCC(=O)O[C@@H](CNC(C)(C)C)COc3nsnc3N3CCOCC3)cc21. The van der Waals surface area contributed by atoms with Crippen LogP contribution in [0, 0.1) is 0 Å². The molecule has 2 aliphatic rings. The molecule has 3 atom stereocenters. The third kappa shape index (κ3) is 10.8. The lowest BCUT2D eigenvalue weighted by Crippen LogP contribution is -2.44. The van der Waals surface area contributed by atoms with E-state index in [1.807, 2.05) is 37.3 Å². The minimum Gasteiger partial charge on any atom is -0.470 e. The molecule has 1 amide bonds. The maximum absolute atomic E-state index is 13.0. The second kappa shape index (κ2) is 17.0. The number of sulfonamides is 1. The molecule has 0 spiro atoms. The van der Waals surface area contributed by atoms with Crippen LogP contribution in [0.5, 0.6) is 5.88 Å². The molecule has 0 unspecified atom stereocenters. The molecule has 17 nitrogen and oxygen atoms in total. The molecule has 0 radical (unpaired) electrons. The zero-order valence-electron chi connectivity index (χ0n) is 28.6. The lowest BCUT2D eigenvalue weighted by Gasteiger charge is -2.27. The summed E-state index contributed by atoms with van der Waals surface area (Å²) in [6.07, 6.45) is -1.59. The van der Waals surface area contributed by atoms with Gasteiger partial charge in [-0.25, -0.2) is 26.4 Å². The van der Waals surface area contributed by atoms with Crippen LogP contribution < -0.4 is 25.0 Å². The summed E-state index contributed by atoms with van der Waals surface area (Å²) >= 11 is 1.58. The molecule has 3 N–H and O–H groups in total. The molecule has 4 heterocycles. The summed E-state index contributed by atoms with van der Waals surface area (Å²) in [5.41, 5.74) is 0.0410. The number of hydrogen-bond donors (Lipinski definition) is 3. The summed E-state index contributed by atoms with van der Waals surface area (Å²) in [5, 5.41) is 5.70. The molecule has 0 aliphatic carbocycles. The van der Waals surface area contributed by atoms with Crippen molar-refractivity contribution in [1.82, 2.24) is 24.1 Å². The van der Waals surface area contributed by atoms with Gasteiger partial charge in [-0.2, -0.15) is 4.37 Å². The van der Waals surface area contributed by atoms with Gasteiger partial charge in [0.1, 0.15) is 21.1 Å². The number of sulfone groups is 1. The summed E-state index contributed by atoms with van der Waals surface area (Å²) in [4.78, 5) is 39.5. The minimum atomic E-state index is -4.43. The summed E-state index contributed by atoms with van der Waals surface area (Å²) in [6.45, 7) is 11.6. The van der Waals surface area contributed by atoms with E-state index < -0.39 is 68.5 Å². The van der Waals surface area contributed by atoms with Crippen LogP contribution in [0.25, 0.3) is 0 Å². The number of rotatable bonds is 16. The number of hydrogen-bond acceptors (Lipinski definition) is 18. The quantitative estimate of drug-likeness (QED) is 0.203. The summed E-state index contributed by atoms with van der Waals surface area (Å²) < 4.78 is 83.5. The third-order valence-corrected chi connectivity index (χ3v) is 13.9. The Kier molecular flexibility index (Phi) is 13.6. The minimum absolute atomic E-state index is 0.0497. The number of morpholine rings is 1. The fourth-order valence-electron chi connectivity index (χ4n) is 5.03. The van der Waals surface area contributed by atoms with Gasteiger partial charge in [-0.1, -0.05) is 6.92 Å². The molecular weight excluding hydrogens is 737 g/mol. The van der Waals surface area contributed by atoms with Gasteiger partial charge in [0.2, 0.25) is 11.7 Å². The zero-order valence-corrected chi connectivity index (χ0v) is 31.8. The first kappa shape index (κ1) is 39.8. The van der Waals surface area contributed by atoms with Crippen molar-refractivity contribution in [1.29, 1.82) is 0 Å². The van der Waals surface area contributed by atoms with Crippen molar-refractivity contribution in [2.75, 3.05) is 57.5 Å². The van der Waals surface area contributed by atoms with Crippen LogP contribution in [0.2, 0.25) is 0 Å². The van der Waals surface area contributed by atoms with Crippen molar-refractivity contribution in [3.63, 3.8) is 0 Å². The molecule has 21 heteroatoms. The van der Waals surface area contributed by atoms with Crippen molar-refractivity contribution >= 4 is 66.6 Å². The number of aromatic nitrogens is 2. The monoisotopic (exact) mass is 780 g/mol. The molecular formula is C29H44N6O11S4. The number of fused-ring (bicyclic) bond motifs is 1. The first-order chi connectivity index (χ1) is 23.5. The van der Waals surface area contributed by atoms with Crippen molar-refractivity contribution < 1.29 is 50.2 Å². The van der Waals surface area contributed by atoms with Crippen LogP contribution in [0.15, 0.2) is 14.5 Å². The Balaban J connectivity index is 1.26. The van der Waals surface area contributed by atoms with E-state index in [-0.39, 0.29) is 39.6 Å². The van der Waals surface area contributed by atoms with Crippen LogP contribution >= 0.6 is 23.1 Å². The summed E-state index contributed by atoms with van der Waals surface area (Å²) in [7, 11) is -8.16. The van der Waals surface area contributed by atoms with E-state index in [2.05, 4.69) is 19.4 Å². The molecule has 2 aromatic heterocycles. The number of amides is 1. The van der Waals surface area contributed by atoms with Gasteiger partial charge >= 0.3 is 11.9 Å². The predicted octanol–water partition coefficient (Wildman–Crippen LogP) is 1.16. The van der Waals surface area contributed by atoms with Gasteiger partial charge in [0.25, 0.3) is 15.9 Å². The van der Waals surface area contributed by atoms with Crippen LogP contribution in [0.1, 0.15) is 65.5 Å². The van der Waals surface area contributed by atoms with Crippen molar-refractivity contribution in [3.05, 3.63) is 11.6 Å². The number of carbonyl (C=O) groups is 3. The lowest BCUT2D eigenvalue weighted by molar-refractivity contribution is -0.163. The number of esters is 2. The Morgan fingerprint density at radius 2 is 1.86 bits per heavy atom. The normalized spacial score (nSPS) is 19.7. The van der Waals surface area contributed by atoms with Gasteiger partial charge in [-0.05, 0) is 46.7 Å². The Hall–Kier alpha value is -2.95. The van der Waals surface area contributed by atoms with Gasteiger partial charge in [-0.15, -0.1) is 15.7 Å². The number of ether oxygens (including phenoxy) is 4. The number of anilines is 1. The predicted molar refractivity (Wildman–Crippen MR) is 184 cm³/mol. The topological polar surface area (TPSA) is 222 Å². The average molecular weight is 781 g/mol. The largest absolute Gasteiger partial charge is 0.470 e. The van der Waals surface area contributed by atoms with E-state index >= 15 is 0 Å². The molecule has 0 aromatic carbocycles. The Labute approximate surface area is 300 Å². The van der Waals surface area contributed by atoms with Crippen LogP contribution in [0.4, 0.5) is 5.82 Å². The average Bonchev–Trinajstić information content (AvgIpc) is 3.72. The molecule has 0 saturated carbocycles. The molecule has 4 rings (SSSR count). The maximum Gasteiger partial charge on any atom is 0.344 e. The van der Waals surface area contributed by atoms with Crippen LogP contribution in [-0.4, -0.2) is 113 Å². The molecule has 50 heavy (non-hydrogen) atoms. The van der Waals surface area contributed by atoms with Gasteiger partial charge in [-0.3, -0.25) is 9.59 Å². The lowest BCUT2D eigenvalue weighted by atomic mass is 10.1. The first-order valence-corrected chi connectivity index (χ1v) is 20.6. The molecule has 0 bridgehead atoms. The van der Waals surface area contributed by atoms with Crippen molar-refractivity contribution in [2.45, 2.75) is 85.2 Å². The molecule has 2 aromatic rings. The van der Waals surface area contributed by atoms with E-state index in [0.29, 0.717) is 61.4 Å². The molecule has 280 valence electrons. The van der Waals surface area contributed by atoms with E-state index in [9.17, 15) is 31.2 Å². The molecule has 1 saturated heterocycles. The van der Waals surface area contributed by atoms with E-state index in [1.54, 1.807) is 6.92 Å². The Bertz CT molecular complexity index is 1720.